The molecule has 0 aromatic carbocycles. The molecule has 0 aliphatic heterocycles. The molecule has 0 fully saturated rings. The Hall–Kier alpha value is -1.54. The molecule has 10 heteroatoms. The van der Waals surface area contributed by atoms with Gasteiger partial charge in [-0.05, 0) is 20.8 Å². The fraction of sp³-hybridized carbons (Fsp3) is 0.615. The number of anilines is 1. The van der Waals surface area contributed by atoms with E-state index in [0.29, 0.717) is 36.8 Å². The van der Waals surface area contributed by atoms with Crippen molar-refractivity contribution >= 4 is 24.6 Å². The van der Waals surface area contributed by atoms with E-state index in [2.05, 4.69) is 15.0 Å². The number of fused-ring (bicyclic) bond motifs is 1. The van der Waals surface area contributed by atoms with E-state index < -0.39 is 7.60 Å². The van der Waals surface area contributed by atoms with Crippen LogP contribution in [0.15, 0.2) is 12.7 Å². The van der Waals surface area contributed by atoms with Crippen LogP contribution in [0.2, 0.25) is 0 Å². The molecule has 23 heavy (non-hydrogen) atoms. The minimum Gasteiger partial charge on any atom is -0.382 e. The fourth-order valence-corrected chi connectivity index (χ4v) is 3.45. The standard InChI is InChI=1S/C13H22N5O4P/c1-4-21-23(19,22-5-2)9-20-6-10(3)18-8-17-11-12(14)15-7-16-13(11)18/h7-8,10H,4-6,9H2,1-3H3,(H2,14,15,16)/t10-/m1/s1. The van der Waals surface area contributed by atoms with Gasteiger partial charge in [0.2, 0.25) is 0 Å². The molecule has 0 unspecified atom stereocenters. The molecule has 2 rings (SSSR count). The van der Waals surface area contributed by atoms with Crippen LogP contribution in [0.5, 0.6) is 0 Å². The van der Waals surface area contributed by atoms with Crippen molar-refractivity contribution in [2.24, 2.45) is 0 Å². The Labute approximate surface area is 134 Å². The van der Waals surface area contributed by atoms with Crippen LogP contribution < -0.4 is 5.73 Å². The third-order valence-electron chi connectivity index (χ3n) is 3.12. The highest BCUT2D eigenvalue weighted by molar-refractivity contribution is 7.53. The normalized spacial score (nSPS) is 13.5. The van der Waals surface area contributed by atoms with E-state index in [-0.39, 0.29) is 12.4 Å². The zero-order valence-electron chi connectivity index (χ0n) is 13.5. The van der Waals surface area contributed by atoms with Crippen LogP contribution in [0.1, 0.15) is 26.8 Å². The van der Waals surface area contributed by atoms with Crippen molar-refractivity contribution in [1.82, 2.24) is 19.5 Å². The van der Waals surface area contributed by atoms with Crippen molar-refractivity contribution in [2.45, 2.75) is 26.8 Å². The van der Waals surface area contributed by atoms with Crippen LogP contribution in [0.3, 0.4) is 0 Å². The number of ether oxygens (including phenoxy) is 1. The van der Waals surface area contributed by atoms with E-state index in [1.54, 1.807) is 20.2 Å². The Morgan fingerprint density at radius 2 is 1.96 bits per heavy atom. The Balaban J connectivity index is 2.00. The number of rotatable bonds is 9. The first kappa shape index (κ1) is 17.8. The van der Waals surface area contributed by atoms with Crippen LogP contribution >= 0.6 is 7.60 Å². The summed E-state index contributed by atoms with van der Waals surface area (Å²) in [5.41, 5.74) is 6.95. The van der Waals surface area contributed by atoms with Gasteiger partial charge in [-0.1, -0.05) is 0 Å². The maximum Gasteiger partial charge on any atom is 0.356 e. The summed E-state index contributed by atoms with van der Waals surface area (Å²) in [6.07, 6.45) is 2.93. The molecule has 0 bridgehead atoms. The van der Waals surface area contributed by atoms with E-state index >= 15 is 0 Å². The molecule has 0 aliphatic carbocycles. The summed E-state index contributed by atoms with van der Waals surface area (Å²) in [5.74, 6) is 0.332. The Morgan fingerprint density at radius 3 is 2.61 bits per heavy atom. The predicted molar refractivity (Wildman–Crippen MR) is 86.1 cm³/mol. The maximum absolute atomic E-state index is 12.3. The van der Waals surface area contributed by atoms with Crippen LogP contribution in [0, 0.1) is 0 Å². The van der Waals surface area contributed by atoms with E-state index in [0.717, 1.165) is 0 Å². The molecule has 9 nitrogen and oxygen atoms in total. The highest BCUT2D eigenvalue weighted by Crippen LogP contribution is 2.47. The summed E-state index contributed by atoms with van der Waals surface area (Å²) in [4.78, 5) is 12.3. The lowest BCUT2D eigenvalue weighted by Crippen LogP contribution is -2.14. The maximum atomic E-state index is 12.3. The lowest BCUT2D eigenvalue weighted by Gasteiger charge is -2.19. The van der Waals surface area contributed by atoms with Gasteiger partial charge in [0.15, 0.2) is 11.5 Å². The van der Waals surface area contributed by atoms with E-state index in [1.807, 2.05) is 11.5 Å². The minimum atomic E-state index is -3.20. The fourth-order valence-electron chi connectivity index (χ4n) is 2.11. The molecule has 2 N–H and O–H groups in total. The second-order valence-corrected chi connectivity index (χ2v) is 6.87. The van der Waals surface area contributed by atoms with Crippen LogP contribution in [-0.2, 0) is 18.3 Å². The van der Waals surface area contributed by atoms with E-state index in [4.69, 9.17) is 19.5 Å². The number of aromatic nitrogens is 4. The molecule has 0 radical (unpaired) electrons. The average molecular weight is 343 g/mol. The van der Waals surface area contributed by atoms with Gasteiger partial charge in [0, 0.05) is 0 Å². The van der Waals surface area contributed by atoms with Crippen LogP contribution in [0.4, 0.5) is 5.82 Å². The summed E-state index contributed by atoms with van der Waals surface area (Å²) < 4.78 is 30.0. The number of nitrogens with two attached hydrogens (primary N) is 1. The third kappa shape index (κ3) is 4.26. The van der Waals surface area contributed by atoms with Crippen LogP contribution in [0.25, 0.3) is 11.2 Å². The summed E-state index contributed by atoms with van der Waals surface area (Å²) in [6, 6.07) is -0.0778. The van der Waals surface area contributed by atoms with Crippen molar-refractivity contribution in [3.63, 3.8) is 0 Å². The molecule has 0 saturated carbocycles. The van der Waals surface area contributed by atoms with Crippen molar-refractivity contribution < 1.29 is 18.3 Å². The highest BCUT2D eigenvalue weighted by atomic mass is 31.2. The summed E-state index contributed by atoms with van der Waals surface area (Å²) >= 11 is 0. The quantitative estimate of drug-likeness (QED) is 0.689. The molecule has 0 spiro atoms. The first-order valence-electron chi connectivity index (χ1n) is 7.39. The van der Waals surface area contributed by atoms with Crippen molar-refractivity contribution in [3.8, 4) is 0 Å². The predicted octanol–water partition coefficient (Wildman–Crippen LogP) is 2.21. The SMILES string of the molecule is CCOP(=O)(COC[C@@H](C)n1cnc2c(N)ncnc21)OCC. The Kier molecular flexibility index (Phi) is 6.06. The molecular formula is C13H22N5O4P. The first-order chi connectivity index (χ1) is 11.0. The van der Waals surface area contributed by atoms with E-state index in [9.17, 15) is 4.57 Å². The molecular weight excluding hydrogens is 321 g/mol. The summed E-state index contributed by atoms with van der Waals surface area (Å²) in [7, 11) is -3.20. The second kappa shape index (κ2) is 7.83. The molecule has 0 aliphatic rings. The number of imidazole rings is 1. The number of nitrogen functional groups attached to an aromatic ring is 1. The summed E-state index contributed by atoms with van der Waals surface area (Å²) in [5, 5.41) is 0. The van der Waals surface area contributed by atoms with E-state index in [1.165, 1.54) is 6.33 Å². The molecule has 0 saturated heterocycles. The lowest BCUT2D eigenvalue weighted by molar-refractivity contribution is 0.113. The molecule has 0 amide bonds. The number of hydrogen-bond donors (Lipinski definition) is 1. The molecule has 2 aromatic heterocycles. The molecule has 2 heterocycles. The zero-order valence-corrected chi connectivity index (χ0v) is 14.4. The van der Waals surface area contributed by atoms with Gasteiger partial charge in [-0.25, -0.2) is 15.0 Å². The zero-order chi connectivity index (χ0) is 16.9. The molecule has 128 valence electrons. The van der Waals surface area contributed by atoms with Crippen molar-refractivity contribution in [1.29, 1.82) is 0 Å². The highest BCUT2D eigenvalue weighted by Gasteiger charge is 2.24. The second-order valence-electron chi connectivity index (χ2n) is 4.88. The Morgan fingerprint density at radius 1 is 1.26 bits per heavy atom. The molecule has 2 aromatic rings. The molecule has 1 atom stereocenters. The van der Waals surface area contributed by atoms with Gasteiger partial charge < -0.3 is 24.1 Å². The Bertz CT molecular complexity index is 682. The van der Waals surface area contributed by atoms with Gasteiger partial charge in [0.05, 0.1) is 32.2 Å². The summed E-state index contributed by atoms with van der Waals surface area (Å²) in [6.45, 7) is 6.37. The van der Waals surface area contributed by atoms with Crippen LogP contribution in [-0.4, -0.2) is 45.7 Å². The van der Waals surface area contributed by atoms with Crippen molar-refractivity contribution in [3.05, 3.63) is 12.7 Å². The average Bonchev–Trinajstić information content (AvgIpc) is 2.93. The number of nitrogens with zero attached hydrogens (tertiary/aromatic N) is 4. The van der Waals surface area contributed by atoms with Crippen molar-refractivity contribution in [2.75, 3.05) is 31.9 Å². The third-order valence-corrected chi connectivity index (χ3v) is 4.92. The van der Waals surface area contributed by atoms with Gasteiger partial charge in [-0.15, -0.1) is 0 Å². The topological polar surface area (TPSA) is 114 Å². The van der Waals surface area contributed by atoms with Gasteiger partial charge in [0.1, 0.15) is 18.2 Å². The lowest BCUT2D eigenvalue weighted by atomic mass is 10.3. The number of hydrogen-bond acceptors (Lipinski definition) is 8. The monoisotopic (exact) mass is 343 g/mol. The van der Waals surface area contributed by atoms with Gasteiger partial charge in [-0.2, -0.15) is 0 Å². The van der Waals surface area contributed by atoms with Gasteiger partial charge >= 0.3 is 7.60 Å². The smallest absolute Gasteiger partial charge is 0.356 e. The minimum absolute atomic E-state index is 0.0778. The largest absolute Gasteiger partial charge is 0.382 e. The first-order valence-corrected chi connectivity index (χ1v) is 9.12. The van der Waals surface area contributed by atoms with Gasteiger partial charge in [-0.3, -0.25) is 4.57 Å². The van der Waals surface area contributed by atoms with Gasteiger partial charge in [0.25, 0.3) is 0 Å².